The Kier molecular flexibility index (Phi) is 8.20. The lowest BCUT2D eigenvalue weighted by Gasteiger charge is -2.12. The van der Waals surface area contributed by atoms with E-state index >= 15 is 0 Å². The Morgan fingerprint density at radius 1 is 0.840 bits per heavy atom. The van der Waals surface area contributed by atoms with E-state index in [4.69, 9.17) is 14.6 Å². The van der Waals surface area contributed by atoms with Gasteiger partial charge in [0.25, 0.3) is 6.47 Å². The predicted octanol–water partition coefficient (Wildman–Crippen LogP) is 4.47. The van der Waals surface area contributed by atoms with Gasteiger partial charge in [-0.3, -0.25) is 9.59 Å². The van der Waals surface area contributed by atoms with Crippen LogP contribution in [0.4, 0.5) is 0 Å². The van der Waals surface area contributed by atoms with Gasteiger partial charge >= 0.3 is 5.97 Å². The highest BCUT2D eigenvalue weighted by Gasteiger charge is 2.49. The first-order valence-corrected chi connectivity index (χ1v) is 10.1. The first-order chi connectivity index (χ1) is 12.1. The largest absolute Gasteiger partial charge is 0.481 e. The van der Waals surface area contributed by atoms with Gasteiger partial charge in [-0.15, -0.1) is 0 Å². The average molecular weight is 354 g/mol. The van der Waals surface area contributed by atoms with Crippen LogP contribution in [-0.4, -0.2) is 36.4 Å². The summed E-state index contributed by atoms with van der Waals surface area (Å²) < 4.78 is 10.8. The maximum absolute atomic E-state index is 11.1. The molecule has 0 spiro atoms. The van der Waals surface area contributed by atoms with E-state index in [0.717, 1.165) is 90.3 Å². The molecule has 0 atom stereocenters. The number of aliphatic carboxylic acids is 1. The van der Waals surface area contributed by atoms with Crippen LogP contribution in [0.25, 0.3) is 0 Å². The van der Waals surface area contributed by atoms with Gasteiger partial charge in [-0.2, -0.15) is 0 Å². The number of carbonyl (C=O) groups is 2. The smallest absolute Gasteiger partial charge is 0.309 e. The minimum Gasteiger partial charge on any atom is -0.481 e. The van der Waals surface area contributed by atoms with Crippen LogP contribution in [0, 0.1) is 5.41 Å². The summed E-state index contributed by atoms with van der Waals surface area (Å²) in [5, 5.41) is 9.11. The van der Waals surface area contributed by atoms with Crippen molar-refractivity contribution in [3.8, 4) is 0 Å². The Bertz CT molecular complexity index is 412. The van der Waals surface area contributed by atoms with Gasteiger partial charge < -0.3 is 14.6 Å². The number of unbranched alkanes of at least 4 members (excludes halogenated alkanes) is 6. The Labute approximate surface area is 151 Å². The average Bonchev–Trinajstić information content (AvgIpc) is 3.49. The Hall–Kier alpha value is -1.10. The van der Waals surface area contributed by atoms with Crippen LogP contribution < -0.4 is 0 Å². The third kappa shape index (κ3) is 7.35. The van der Waals surface area contributed by atoms with Gasteiger partial charge in [-0.25, -0.2) is 0 Å². The van der Waals surface area contributed by atoms with Crippen molar-refractivity contribution < 1.29 is 24.2 Å². The van der Waals surface area contributed by atoms with Crippen molar-refractivity contribution in [2.45, 2.75) is 95.5 Å². The number of carbonyl (C=O) groups excluding carboxylic acids is 1. The zero-order valence-corrected chi connectivity index (χ0v) is 15.5. The van der Waals surface area contributed by atoms with Crippen LogP contribution in [-0.2, 0) is 19.1 Å². The zero-order valence-electron chi connectivity index (χ0n) is 15.5. The van der Waals surface area contributed by atoms with Gasteiger partial charge in [0.05, 0.1) is 5.41 Å². The van der Waals surface area contributed by atoms with Crippen LogP contribution in [0.3, 0.4) is 0 Å². The number of ether oxygens (including phenoxy) is 2. The summed E-state index contributed by atoms with van der Waals surface area (Å²) in [6.07, 6.45) is 14.6. The Morgan fingerprint density at radius 2 is 1.40 bits per heavy atom. The standard InChI is InChI=1S/C20H34O5/c21-17-25-20(13-14-20)10-6-2-4-8-16-24-15-7-3-1-5-9-19(11-12-19)18(22)23/h17H,1-16H2,(H,22,23). The van der Waals surface area contributed by atoms with Crippen LogP contribution in [0.1, 0.15) is 89.9 Å². The number of carboxylic acid groups (broad SMARTS) is 1. The van der Waals surface area contributed by atoms with Gasteiger partial charge in [0.15, 0.2) is 0 Å². The SMILES string of the molecule is O=COC1(CCCCCCOCCCCCCC2(C(=O)O)CC2)CC1. The highest BCUT2D eigenvalue weighted by molar-refractivity contribution is 5.77. The summed E-state index contributed by atoms with van der Waals surface area (Å²) >= 11 is 0. The highest BCUT2D eigenvalue weighted by Crippen LogP contribution is 2.50. The second-order valence-electron chi connectivity index (χ2n) is 7.92. The Morgan fingerprint density at radius 3 is 1.88 bits per heavy atom. The first-order valence-electron chi connectivity index (χ1n) is 10.1. The second-order valence-corrected chi connectivity index (χ2v) is 7.92. The topological polar surface area (TPSA) is 72.8 Å². The van der Waals surface area contributed by atoms with E-state index in [-0.39, 0.29) is 11.0 Å². The van der Waals surface area contributed by atoms with Crippen molar-refractivity contribution >= 4 is 12.4 Å². The van der Waals surface area contributed by atoms with Crippen LogP contribution in [0.5, 0.6) is 0 Å². The number of carboxylic acids is 1. The molecule has 5 nitrogen and oxygen atoms in total. The molecule has 0 aromatic carbocycles. The lowest BCUT2D eigenvalue weighted by atomic mass is 9.98. The molecule has 0 bridgehead atoms. The van der Waals surface area contributed by atoms with Gasteiger partial charge in [-0.05, 0) is 57.8 Å². The third-order valence-electron chi connectivity index (χ3n) is 5.78. The van der Waals surface area contributed by atoms with Crippen LogP contribution >= 0.6 is 0 Å². The minimum atomic E-state index is -0.598. The molecule has 0 unspecified atom stereocenters. The predicted molar refractivity (Wildman–Crippen MR) is 95.4 cm³/mol. The summed E-state index contributed by atoms with van der Waals surface area (Å²) in [6, 6.07) is 0. The van der Waals surface area contributed by atoms with E-state index < -0.39 is 5.97 Å². The maximum atomic E-state index is 11.1. The third-order valence-corrected chi connectivity index (χ3v) is 5.78. The second kappa shape index (κ2) is 10.1. The van der Waals surface area contributed by atoms with Crippen molar-refractivity contribution in [1.82, 2.24) is 0 Å². The molecule has 2 saturated carbocycles. The van der Waals surface area contributed by atoms with E-state index in [2.05, 4.69) is 0 Å². The highest BCUT2D eigenvalue weighted by atomic mass is 16.5. The molecule has 0 radical (unpaired) electrons. The fraction of sp³-hybridized carbons (Fsp3) is 0.900. The fourth-order valence-electron chi connectivity index (χ4n) is 3.52. The van der Waals surface area contributed by atoms with Gasteiger partial charge in [0.2, 0.25) is 0 Å². The maximum Gasteiger partial charge on any atom is 0.309 e. The normalized spacial score (nSPS) is 19.4. The van der Waals surface area contributed by atoms with Gasteiger partial charge in [-0.1, -0.05) is 32.1 Å². The molecule has 144 valence electrons. The Balaban J connectivity index is 1.28. The molecule has 0 saturated heterocycles. The lowest BCUT2D eigenvalue weighted by Crippen LogP contribution is -2.14. The van der Waals surface area contributed by atoms with Crippen molar-refractivity contribution in [1.29, 1.82) is 0 Å². The molecule has 2 aliphatic rings. The zero-order chi connectivity index (χ0) is 18.0. The summed E-state index contributed by atoms with van der Waals surface area (Å²) in [7, 11) is 0. The molecule has 2 fully saturated rings. The monoisotopic (exact) mass is 354 g/mol. The van der Waals surface area contributed by atoms with E-state index in [1.807, 2.05) is 0 Å². The molecular weight excluding hydrogens is 320 g/mol. The van der Waals surface area contributed by atoms with Gasteiger partial charge in [0, 0.05) is 13.2 Å². The molecule has 2 rings (SSSR count). The molecular formula is C20H34O5. The lowest BCUT2D eigenvalue weighted by molar-refractivity contribution is -0.143. The number of hydrogen-bond donors (Lipinski definition) is 1. The molecule has 2 aliphatic carbocycles. The van der Waals surface area contributed by atoms with E-state index in [0.29, 0.717) is 6.47 Å². The molecule has 0 heterocycles. The first kappa shape index (κ1) is 20.2. The van der Waals surface area contributed by atoms with E-state index in [1.165, 1.54) is 12.8 Å². The summed E-state index contributed by atoms with van der Waals surface area (Å²) in [4.78, 5) is 21.4. The number of hydrogen-bond acceptors (Lipinski definition) is 4. The summed E-state index contributed by atoms with van der Waals surface area (Å²) in [5.41, 5.74) is -0.448. The van der Waals surface area contributed by atoms with Crippen LogP contribution in [0.15, 0.2) is 0 Å². The van der Waals surface area contributed by atoms with Crippen molar-refractivity contribution in [3.63, 3.8) is 0 Å². The molecule has 5 heteroatoms. The molecule has 1 N–H and O–H groups in total. The van der Waals surface area contributed by atoms with Crippen molar-refractivity contribution in [2.75, 3.05) is 13.2 Å². The van der Waals surface area contributed by atoms with Crippen molar-refractivity contribution in [3.05, 3.63) is 0 Å². The molecule has 25 heavy (non-hydrogen) atoms. The van der Waals surface area contributed by atoms with E-state index in [9.17, 15) is 9.59 Å². The quantitative estimate of drug-likeness (QED) is 0.308. The number of rotatable bonds is 17. The van der Waals surface area contributed by atoms with Crippen LogP contribution in [0.2, 0.25) is 0 Å². The molecule has 0 amide bonds. The van der Waals surface area contributed by atoms with E-state index in [1.54, 1.807) is 0 Å². The summed E-state index contributed by atoms with van der Waals surface area (Å²) in [5.74, 6) is -0.598. The van der Waals surface area contributed by atoms with Crippen molar-refractivity contribution in [2.24, 2.45) is 5.41 Å². The molecule has 0 aromatic heterocycles. The van der Waals surface area contributed by atoms with Gasteiger partial charge in [0.1, 0.15) is 5.60 Å². The molecule has 0 aromatic rings. The fourth-order valence-corrected chi connectivity index (χ4v) is 3.52. The summed E-state index contributed by atoms with van der Waals surface area (Å²) in [6.45, 7) is 2.25. The molecule has 0 aliphatic heterocycles. The minimum absolute atomic E-state index is 0.0954.